The maximum Gasteiger partial charge on any atom is 0.328 e. The molecule has 4 amide bonds. The molecule has 0 spiro atoms. The highest BCUT2D eigenvalue weighted by Crippen LogP contribution is 2.22. The van der Waals surface area contributed by atoms with Gasteiger partial charge in [-0.3, -0.25) is 20.2 Å². The van der Waals surface area contributed by atoms with E-state index < -0.39 is 17.8 Å². The van der Waals surface area contributed by atoms with Crippen LogP contribution in [0.15, 0.2) is 22.1 Å². The number of rotatable bonds is 2. The molecule has 0 aliphatic carbocycles. The Morgan fingerprint density at radius 2 is 1.68 bits per heavy atom. The summed E-state index contributed by atoms with van der Waals surface area (Å²) in [6, 6.07) is 2.68. The van der Waals surface area contributed by atoms with Crippen LogP contribution in [0.4, 0.5) is 10.7 Å². The van der Waals surface area contributed by atoms with Crippen molar-refractivity contribution in [3.8, 4) is 0 Å². The fraction of sp³-hybridized carbons (Fsp3) is 0.357. The lowest BCUT2D eigenvalue weighted by molar-refractivity contribution is -0.123. The highest BCUT2D eigenvalue weighted by atomic mass is 16.4. The van der Waals surface area contributed by atoms with Gasteiger partial charge in [0.05, 0.1) is 0 Å². The minimum Gasteiger partial charge on any atom is -0.441 e. The van der Waals surface area contributed by atoms with Crippen molar-refractivity contribution in [2.45, 2.75) is 0 Å². The van der Waals surface area contributed by atoms with Crippen molar-refractivity contribution in [3.05, 3.63) is 23.5 Å². The van der Waals surface area contributed by atoms with Gasteiger partial charge >= 0.3 is 6.03 Å². The van der Waals surface area contributed by atoms with Crippen LogP contribution >= 0.6 is 0 Å². The van der Waals surface area contributed by atoms with Crippen LogP contribution in [-0.4, -0.2) is 56.0 Å². The smallest absolute Gasteiger partial charge is 0.328 e. The molecule has 3 rings (SSSR count). The summed E-state index contributed by atoms with van der Waals surface area (Å²) >= 11 is 0. The third-order valence-electron chi connectivity index (χ3n) is 3.66. The second-order valence-corrected chi connectivity index (χ2v) is 5.26. The lowest BCUT2D eigenvalue weighted by Gasteiger charge is -2.32. The van der Waals surface area contributed by atoms with Gasteiger partial charge < -0.3 is 14.2 Å². The molecular formula is C14H16N4O4. The molecule has 2 aliphatic heterocycles. The molecule has 0 saturated carbocycles. The summed E-state index contributed by atoms with van der Waals surface area (Å²) in [7, 11) is 2.07. The maximum atomic E-state index is 11.6. The summed E-state index contributed by atoms with van der Waals surface area (Å²) in [5.74, 6) is -0.367. The van der Waals surface area contributed by atoms with Gasteiger partial charge in [0.15, 0.2) is 5.88 Å². The Balaban J connectivity index is 1.76. The van der Waals surface area contributed by atoms with E-state index in [0.717, 1.165) is 26.2 Å². The number of urea groups is 1. The number of barbiturate groups is 1. The highest BCUT2D eigenvalue weighted by molar-refractivity contribution is 6.30. The van der Waals surface area contributed by atoms with Crippen LogP contribution in [0.3, 0.4) is 0 Å². The van der Waals surface area contributed by atoms with Gasteiger partial charge in [-0.2, -0.15) is 0 Å². The number of hydrogen-bond donors (Lipinski definition) is 2. The Kier molecular flexibility index (Phi) is 3.68. The summed E-state index contributed by atoms with van der Waals surface area (Å²) in [4.78, 5) is 38.6. The van der Waals surface area contributed by atoms with Gasteiger partial charge in [0.25, 0.3) is 11.8 Å². The predicted octanol–water partition coefficient (Wildman–Crippen LogP) is -0.219. The molecule has 116 valence electrons. The predicted molar refractivity (Wildman–Crippen MR) is 78.1 cm³/mol. The van der Waals surface area contributed by atoms with Crippen LogP contribution in [0.2, 0.25) is 0 Å². The third kappa shape index (κ3) is 2.86. The van der Waals surface area contributed by atoms with Crippen LogP contribution in [-0.2, 0) is 9.59 Å². The largest absolute Gasteiger partial charge is 0.441 e. The third-order valence-corrected chi connectivity index (χ3v) is 3.66. The van der Waals surface area contributed by atoms with Gasteiger partial charge in [-0.05, 0) is 19.2 Å². The molecule has 0 unspecified atom stereocenters. The van der Waals surface area contributed by atoms with Gasteiger partial charge in [0.2, 0.25) is 0 Å². The van der Waals surface area contributed by atoms with E-state index in [-0.39, 0.29) is 5.57 Å². The SMILES string of the molecule is CN1CCN(c2ccc(C=C3C(=O)NC(=O)NC3=O)o2)CC1. The van der Waals surface area contributed by atoms with E-state index in [1.807, 2.05) is 16.7 Å². The van der Waals surface area contributed by atoms with Crippen LogP contribution in [0, 0.1) is 0 Å². The van der Waals surface area contributed by atoms with E-state index >= 15 is 0 Å². The van der Waals surface area contributed by atoms with Crippen molar-refractivity contribution < 1.29 is 18.8 Å². The van der Waals surface area contributed by atoms with Gasteiger partial charge in [-0.15, -0.1) is 0 Å². The van der Waals surface area contributed by atoms with Crippen LogP contribution in [0.25, 0.3) is 6.08 Å². The molecule has 2 N–H and O–H groups in total. The number of furan rings is 1. The average molecular weight is 304 g/mol. The molecule has 3 heterocycles. The van der Waals surface area contributed by atoms with Crippen LogP contribution in [0.5, 0.6) is 0 Å². The quantitative estimate of drug-likeness (QED) is 0.579. The first-order chi connectivity index (χ1) is 10.5. The summed E-state index contributed by atoms with van der Waals surface area (Å²) in [6.07, 6.45) is 1.33. The number of hydrogen-bond acceptors (Lipinski definition) is 6. The maximum absolute atomic E-state index is 11.6. The van der Waals surface area contributed by atoms with Crippen molar-refractivity contribution in [2.24, 2.45) is 0 Å². The second-order valence-electron chi connectivity index (χ2n) is 5.26. The van der Waals surface area contributed by atoms with Crippen molar-refractivity contribution in [3.63, 3.8) is 0 Å². The lowest BCUT2D eigenvalue weighted by atomic mass is 10.1. The zero-order valence-electron chi connectivity index (χ0n) is 12.1. The van der Waals surface area contributed by atoms with E-state index in [1.54, 1.807) is 6.07 Å². The zero-order chi connectivity index (χ0) is 15.7. The number of carbonyl (C=O) groups is 3. The van der Waals surface area contributed by atoms with Crippen LogP contribution < -0.4 is 15.5 Å². The van der Waals surface area contributed by atoms with Gasteiger partial charge in [0.1, 0.15) is 11.3 Å². The number of anilines is 1. The van der Waals surface area contributed by atoms with Crippen molar-refractivity contribution >= 4 is 29.8 Å². The Morgan fingerprint density at radius 3 is 2.32 bits per heavy atom. The number of nitrogens with one attached hydrogen (secondary N) is 2. The second kappa shape index (κ2) is 5.64. The summed E-state index contributed by atoms with van der Waals surface area (Å²) < 4.78 is 5.67. The fourth-order valence-electron chi connectivity index (χ4n) is 2.37. The minimum atomic E-state index is -0.815. The van der Waals surface area contributed by atoms with E-state index in [0.29, 0.717) is 11.6 Å². The Hall–Kier alpha value is -2.61. The molecule has 2 fully saturated rings. The molecule has 0 atom stereocenters. The van der Waals surface area contributed by atoms with Crippen molar-refractivity contribution in [1.82, 2.24) is 15.5 Å². The average Bonchev–Trinajstić information content (AvgIpc) is 2.92. The molecule has 2 aliphatic rings. The number of carbonyl (C=O) groups excluding carboxylic acids is 3. The Morgan fingerprint density at radius 1 is 1.05 bits per heavy atom. The molecule has 0 aromatic carbocycles. The van der Waals surface area contributed by atoms with Crippen LogP contribution in [0.1, 0.15) is 5.76 Å². The van der Waals surface area contributed by atoms with E-state index in [1.165, 1.54) is 6.08 Å². The molecule has 0 bridgehead atoms. The normalized spacial score (nSPS) is 20.0. The first kappa shape index (κ1) is 14.3. The molecule has 2 saturated heterocycles. The minimum absolute atomic E-state index is 0.154. The summed E-state index contributed by atoms with van der Waals surface area (Å²) in [6.45, 7) is 3.61. The van der Waals surface area contributed by atoms with E-state index in [9.17, 15) is 14.4 Å². The molecule has 22 heavy (non-hydrogen) atoms. The lowest BCUT2D eigenvalue weighted by Crippen LogP contribution is -2.51. The van der Waals surface area contributed by atoms with Gasteiger partial charge in [-0.1, -0.05) is 0 Å². The monoisotopic (exact) mass is 304 g/mol. The topological polar surface area (TPSA) is 94.9 Å². The van der Waals surface area contributed by atoms with Gasteiger partial charge in [-0.25, -0.2) is 4.79 Å². The molecule has 0 radical (unpaired) electrons. The van der Waals surface area contributed by atoms with E-state index in [4.69, 9.17) is 4.42 Å². The van der Waals surface area contributed by atoms with E-state index in [2.05, 4.69) is 16.8 Å². The summed E-state index contributed by atoms with van der Waals surface area (Å²) in [5, 5.41) is 4.04. The number of imide groups is 2. The Bertz CT molecular complexity index is 634. The number of piperazine rings is 1. The molecule has 1 aromatic rings. The standard InChI is InChI=1S/C14H16N4O4/c1-17-4-6-18(7-5-17)11-3-2-9(22-11)8-10-12(19)15-14(21)16-13(10)20/h2-3,8H,4-7H2,1H3,(H2,15,16,19,20,21). The fourth-order valence-corrected chi connectivity index (χ4v) is 2.37. The van der Waals surface area contributed by atoms with Crippen molar-refractivity contribution in [2.75, 3.05) is 38.1 Å². The zero-order valence-corrected chi connectivity index (χ0v) is 12.1. The number of likely N-dealkylation sites (N-methyl/N-ethyl adjacent to an activating group) is 1. The molecule has 8 nitrogen and oxygen atoms in total. The first-order valence-corrected chi connectivity index (χ1v) is 6.94. The Labute approximate surface area is 126 Å². The summed E-state index contributed by atoms with van der Waals surface area (Å²) in [5.41, 5.74) is -0.154. The van der Waals surface area contributed by atoms with Gasteiger partial charge in [0, 0.05) is 32.2 Å². The molecular weight excluding hydrogens is 288 g/mol. The van der Waals surface area contributed by atoms with Crippen molar-refractivity contribution in [1.29, 1.82) is 0 Å². The first-order valence-electron chi connectivity index (χ1n) is 6.94. The highest BCUT2D eigenvalue weighted by Gasteiger charge is 2.28. The molecule has 8 heteroatoms. The number of amides is 4. The number of nitrogens with zero attached hydrogens (tertiary/aromatic N) is 2. The molecule has 1 aromatic heterocycles.